The van der Waals surface area contributed by atoms with E-state index in [1.807, 2.05) is 0 Å². The molecule has 0 radical (unpaired) electrons. The van der Waals surface area contributed by atoms with Crippen molar-refractivity contribution in [1.29, 1.82) is 0 Å². The van der Waals surface area contributed by atoms with E-state index in [2.05, 4.69) is 63.2 Å². The maximum Gasteiger partial charge on any atom is 0.0396 e. The number of nitrogens with one attached hydrogen (secondary N) is 1. The van der Waals surface area contributed by atoms with Crippen molar-refractivity contribution in [3.8, 4) is 0 Å². The Morgan fingerprint density at radius 1 is 1.31 bits per heavy atom. The summed E-state index contributed by atoms with van der Waals surface area (Å²) in [7, 11) is 2.17. The maximum absolute atomic E-state index is 3.39. The van der Waals surface area contributed by atoms with Crippen molar-refractivity contribution in [3.05, 3.63) is 29.3 Å². The zero-order valence-electron chi connectivity index (χ0n) is 11.2. The van der Waals surface area contributed by atoms with Crippen LogP contribution < -0.4 is 10.2 Å². The summed E-state index contributed by atoms with van der Waals surface area (Å²) in [5.74, 6) is 0. The van der Waals surface area contributed by atoms with Crippen LogP contribution in [0.4, 0.5) is 5.69 Å². The minimum absolute atomic E-state index is 0.515. The molecule has 0 bridgehead atoms. The minimum atomic E-state index is 0.515. The molecule has 90 valence electrons. The van der Waals surface area contributed by atoms with E-state index in [9.17, 15) is 0 Å². The van der Waals surface area contributed by atoms with Gasteiger partial charge in [0.2, 0.25) is 0 Å². The third-order valence-electron chi connectivity index (χ3n) is 3.08. The van der Waals surface area contributed by atoms with Crippen LogP contribution in [0.3, 0.4) is 0 Å². The van der Waals surface area contributed by atoms with E-state index in [-0.39, 0.29) is 0 Å². The normalized spacial score (nSPS) is 12.6. The summed E-state index contributed by atoms with van der Waals surface area (Å²) < 4.78 is 0. The van der Waals surface area contributed by atoms with Gasteiger partial charge in [-0.2, -0.15) is 0 Å². The number of aryl methyl sites for hydroxylation is 2. The molecular weight excluding hydrogens is 196 g/mol. The van der Waals surface area contributed by atoms with Gasteiger partial charge in [-0.15, -0.1) is 0 Å². The van der Waals surface area contributed by atoms with Crippen LogP contribution in [0.25, 0.3) is 0 Å². The van der Waals surface area contributed by atoms with Gasteiger partial charge < -0.3 is 10.2 Å². The topological polar surface area (TPSA) is 15.3 Å². The van der Waals surface area contributed by atoms with Crippen LogP contribution in [0.15, 0.2) is 18.2 Å². The van der Waals surface area contributed by atoms with Crippen molar-refractivity contribution < 1.29 is 0 Å². The monoisotopic (exact) mass is 220 g/mol. The molecule has 0 aliphatic carbocycles. The Bertz CT molecular complexity index is 334. The highest BCUT2D eigenvalue weighted by Crippen LogP contribution is 2.21. The van der Waals surface area contributed by atoms with E-state index in [1.165, 1.54) is 16.8 Å². The molecule has 0 spiro atoms. The maximum atomic E-state index is 3.39. The summed E-state index contributed by atoms with van der Waals surface area (Å²) in [4.78, 5) is 2.34. The molecule has 0 saturated carbocycles. The molecule has 1 unspecified atom stereocenters. The first kappa shape index (κ1) is 13.0. The number of anilines is 1. The first-order valence-corrected chi connectivity index (χ1v) is 6.07. The fourth-order valence-corrected chi connectivity index (χ4v) is 1.93. The predicted molar refractivity (Wildman–Crippen MR) is 72.3 cm³/mol. The fourth-order valence-electron chi connectivity index (χ4n) is 1.93. The van der Waals surface area contributed by atoms with E-state index in [4.69, 9.17) is 0 Å². The van der Waals surface area contributed by atoms with Crippen molar-refractivity contribution in [1.82, 2.24) is 5.32 Å². The van der Waals surface area contributed by atoms with Crippen LogP contribution in [0, 0.1) is 13.8 Å². The lowest BCUT2D eigenvalue weighted by atomic mass is 10.1. The summed E-state index contributed by atoms with van der Waals surface area (Å²) in [6, 6.07) is 7.15. The first-order valence-electron chi connectivity index (χ1n) is 6.07. The molecule has 1 aromatic rings. The molecule has 1 atom stereocenters. The second-order valence-electron chi connectivity index (χ2n) is 4.56. The average Bonchev–Trinajstić information content (AvgIpc) is 2.25. The van der Waals surface area contributed by atoms with Crippen molar-refractivity contribution in [2.45, 2.75) is 33.7 Å². The molecule has 0 saturated heterocycles. The second-order valence-corrected chi connectivity index (χ2v) is 4.56. The molecule has 1 rings (SSSR count). The highest BCUT2D eigenvalue weighted by atomic mass is 15.1. The first-order chi connectivity index (χ1) is 7.56. The Labute approximate surface area is 99.7 Å². The molecule has 16 heavy (non-hydrogen) atoms. The van der Waals surface area contributed by atoms with E-state index in [0.717, 1.165) is 13.1 Å². The summed E-state index contributed by atoms with van der Waals surface area (Å²) in [5, 5.41) is 3.39. The highest BCUT2D eigenvalue weighted by molar-refractivity contribution is 5.54. The average molecular weight is 220 g/mol. The lowest BCUT2D eigenvalue weighted by molar-refractivity contribution is 0.599. The van der Waals surface area contributed by atoms with E-state index in [0.29, 0.717) is 6.04 Å². The second kappa shape index (κ2) is 5.90. The highest BCUT2D eigenvalue weighted by Gasteiger charge is 2.11. The number of hydrogen-bond acceptors (Lipinski definition) is 2. The Hall–Kier alpha value is -1.02. The van der Waals surface area contributed by atoms with Crippen LogP contribution >= 0.6 is 0 Å². The van der Waals surface area contributed by atoms with Gasteiger partial charge in [0.25, 0.3) is 0 Å². The van der Waals surface area contributed by atoms with Gasteiger partial charge in [-0.05, 0) is 38.9 Å². The molecule has 0 amide bonds. The number of benzene rings is 1. The number of likely N-dealkylation sites (N-methyl/N-ethyl adjacent to an activating group) is 2. The summed E-state index contributed by atoms with van der Waals surface area (Å²) in [5.41, 5.74) is 4.01. The molecular formula is C14H24N2. The molecule has 1 aromatic carbocycles. The zero-order chi connectivity index (χ0) is 12.1. The molecule has 2 heteroatoms. The van der Waals surface area contributed by atoms with Gasteiger partial charge in [-0.1, -0.05) is 24.6 Å². The minimum Gasteiger partial charge on any atom is -0.370 e. The van der Waals surface area contributed by atoms with Gasteiger partial charge in [-0.25, -0.2) is 0 Å². The van der Waals surface area contributed by atoms with Gasteiger partial charge >= 0.3 is 0 Å². The van der Waals surface area contributed by atoms with Gasteiger partial charge in [0.1, 0.15) is 0 Å². The quantitative estimate of drug-likeness (QED) is 0.821. The lowest BCUT2D eigenvalue weighted by Gasteiger charge is -2.28. The lowest BCUT2D eigenvalue weighted by Crippen LogP contribution is -2.38. The molecule has 0 aromatic heterocycles. The standard InChI is InChI=1S/C14H24N2/c1-6-15-10-13(4)16(5)14-8-7-11(2)9-12(14)3/h7-9,13,15H,6,10H2,1-5H3. The van der Waals surface area contributed by atoms with Crippen molar-refractivity contribution in [3.63, 3.8) is 0 Å². The predicted octanol–water partition coefficient (Wildman–Crippen LogP) is 2.74. The third kappa shape index (κ3) is 3.24. The van der Waals surface area contributed by atoms with E-state index in [1.54, 1.807) is 0 Å². The van der Waals surface area contributed by atoms with Gasteiger partial charge in [-0.3, -0.25) is 0 Å². The van der Waals surface area contributed by atoms with E-state index >= 15 is 0 Å². The molecule has 1 N–H and O–H groups in total. The Morgan fingerprint density at radius 3 is 2.56 bits per heavy atom. The van der Waals surface area contributed by atoms with Crippen LogP contribution in [0.2, 0.25) is 0 Å². The van der Waals surface area contributed by atoms with Crippen molar-refractivity contribution >= 4 is 5.69 Å². The molecule has 0 fully saturated rings. The number of rotatable bonds is 5. The summed E-state index contributed by atoms with van der Waals surface area (Å²) in [6.07, 6.45) is 0. The summed E-state index contributed by atoms with van der Waals surface area (Å²) >= 11 is 0. The van der Waals surface area contributed by atoms with Crippen LogP contribution in [0.1, 0.15) is 25.0 Å². The number of nitrogens with zero attached hydrogens (tertiary/aromatic N) is 1. The van der Waals surface area contributed by atoms with Crippen molar-refractivity contribution in [2.75, 3.05) is 25.0 Å². The Morgan fingerprint density at radius 2 is 2.00 bits per heavy atom. The fraction of sp³-hybridized carbons (Fsp3) is 0.571. The Balaban J connectivity index is 2.75. The molecule has 2 nitrogen and oxygen atoms in total. The van der Waals surface area contributed by atoms with E-state index < -0.39 is 0 Å². The van der Waals surface area contributed by atoms with Gasteiger partial charge in [0, 0.05) is 25.3 Å². The van der Waals surface area contributed by atoms with Gasteiger partial charge in [0.05, 0.1) is 0 Å². The van der Waals surface area contributed by atoms with Crippen LogP contribution in [0.5, 0.6) is 0 Å². The summed E-state index contributed by atoms with van der Waals surface area (Å²) in [6.45, 7) is 10.8. The molecule has 0 aliphatic heterocycles. The SMILES string of the molecule is CCNCC(C)N(C)c1ccc(C)cc1C. The number of hydrogen-bond donors (Lipinski definition) is 1. The molecule has 0 aliphatic rings. The zero-order valence-corrected chi connectivity index (χ0v) is 11.2. The third-order valence-corrected chi connectivity index (χ3v) is 3.08. The van der Waals surface area contributed by atoms with Crippen LogP contribution in [-0.4, -0.2) is 26.2 Å². The van der Waals surface area contributed by atoms with Crippen molar-refractivity contribution in [2.24, 2.45) is 0 Å². The van der Waals surface area contributed by atoms with Crippen LogP contribution in [-0.2, 0) is 0 Å². The van der Waals surface area contributed by atoms with Gasteiger partial charge in [0.15, 0.2) is 0 Å². The largest absolute Gasteiger partial charge is 0.370 e. The smallest absolute Gasteiger partial charge is 0.0396 e. The molecule has 0 heterocycles. The Kier molecular flexibility index (Phi) is 4.81.